The third kappa shape index (κ3) is 3.12. The lowest BCUT2D eigenvalue weighted by molar-refractivity contribution is 1.20. The average molecular weight is 256 g/mol. The number of nitrogens with two attached hydrogens (primary N) is 2. The molecule has 0 unspecified atom stereocenters. The summed E-state index contributed by atoms with van der Waals surface area (Å²) in [7, 11) is 0. The maximum absolute atomic E-state index is 8.86. The topological polar surface area (TPSA) is 101 Å². The maximum atomic E-state index is 8.86. The smallest absolute Gasteiger partial charge is 0.211 e. The number of benzene rings is 1. The van der Waals surface area contributed by atoms with Gasteiger partial charge in [-0.3, -0.25) is 0 Å². The van der Waals surface area contributed by atoms with Crippen molar-refractivity contribution in [1.82, 2.24) is 0 Å². The van der Waals surface area contributed by atoms with E-state index in [1.54, 1.807) is 12.1 Å². The van der Waals surface area contributed by atoms with Gasteiger partial charge >= 0.3 is 0 Å². The SMILES string of the molecule is N#C/C(=N/N=C(N)N)c1ccc(Cl)cc1Cl. The summed E-state index contributed by atoms with van der Waals surface area (Å²) in [6, 6.07) is 6.49. The van der Waals surface area contributed by atoms with Crippen LogP contribution in [-0.2, 0) is 0 Å². The summed E-state index contributed by atoms with van der Waals surface area (Å²) >= 11 is 11.6. The van der Waals surface area contributed by atoms with E-state index in [9.17, 15) is 0 Å². The van der Waals surface area contributed by atoms with Crippen molar-refractivity contribution in [3.05, 3.63) is 33.8 Å². The molecule has 0 amide bonds. The highest BCUT2D eigenvalue weighted by molar-refractivity contribution is 6.37. The Hall–Kier alpha value is -1.77. The second-order valence-corrected chi connectivity index (χ2v) is 3.55. The van der Waals surface area contributed by atoms with Gasteiger partial charge in [0, 0.05) is 10.6 Å². The van der Waals surface area contributed by atoms with Crippen molar-refractivity contribution in [2.45, 2.75) is 0 Å². The molecule has 0 aliphatic heterocycles. The second kappa shape index (κ2) is 5.35. The highest BCUT2D eigenvalue weighted by atomic mass is 35.5. The molecular formula is C9H7Cl2N5. The van der Waals surface area contributed by atoms with Crippen LogP contribution in [0, 0.1) is 11.3 Å². The summed E-state index contributed by atoms with van der Waals surface area (Å²) in [6.07, 6.45) is 0. The largest absolute Gasteiger partial charge is 0.369 e. The minimum Gasteiger partial charge on any atom is -0.369 e. The molecule has 0 saturated heterocycles. The van der Waals surface area contributed by atoms with Gasteiger partial charge in [-0.05, 0) is 18.2 Å². The van der Waals surface area contributed by atoms with Crippen LogP contribution in [0.15, 0.2) is 28.4 Å². The molecule has 0 saturated carbocycles. The molecule has 0 heterocycles. The molecule has 82 valence electrons. The minimum atomic E-state index is -0.238. The number of guanidine groups is 1. The molecule has 0 fully saturated rings. The Morgan fingerprint density at radius 2 is 1.94 bits per heavy atom. The van der Waals surface area contributed by atoms with Crippen LogP contribution in [0.1, 0.15) is 5.56 Å². The van der Waals surface area contributed by atoms with Crippen LogP contribution in [0.5, 0.6) is 0 Å². The normalized spacial score (nSPS) is 10.7. The second-order valence-electron chi connectivity index (χ2n) is 2.71. The van der Waals surface area contributed by atoms with Crippen molar-refractivity contribution >= 4 is 34.9 Å². The quantitative estimate of drug-likeness (QED) is 0.476. The van der Waals surface area contributed by atoms with Crippen molar-refractivity contribution in [2.75, 3.05) is 0 Å². The standard InChI is InChI=1S/C9H7Cl2N5/c10-5-1-2-6(7(11)3-5)8(4-12)15-16-9(13)14/h1-3H,(H4,13,14,16)/b15-8-. The van der Waals surface area contributed by atoms with Crippen LogP contribution in [-0.4, -0.2) is 11.7 Å². The number of halogens is 2. The van der Waals surface area contributed by atoms with E-state index >= 15 is 0 Å². The molecule has 0 aliphatic carbocycles. The van der Waals surface area contributed by atoms with Gasteiger partial charge in [0.1, 0.15) is 6.07 Å². The lowest BCUT2D eigenvalue weighted by atomic mass is 10.1. The fourth-order valence-electron chi connectivity index (χ4n) is 0.926. The minimum absolute atomic E-state index is 0.00932. The van der Waals surface area contributed by atoms with E-state index in [-0.39, 0.29) is 11.7 Å². The zero-order valence-corrected chi connectivity index (χ0v) is 9.50. The van der Waals surface area contributed by atoms with E-state index in [1.807, 2.05) is 6.07 Å². The third-order valence-electron chi connectivity index (χ3n) is 1.56. The van der Waals surface area contributed by atoms with Gasteiger partial charge in [-0.25, -0.2) is 0 Å². The first-order valence-corrected chi connectivity index (χ1v) is 4.82. The van der Waals surface area contributed by atoms with Gasteiger partial charge in [0.25, 0.3) is 0 Å². The number of rotatable bonds is 2. The zero-order valence-electron chi connectivity index (χ0n) is 7.98. The highest BCUT2D eigenvalue weighted by Gasteiger charge is 2.08. The lowest BCUT2D eigenvalue weighted by Gasteiger charge is -2.00. The molecule has 7 heteroatoms. The van der Waals surface area contributed by atoms with Gasteiger partial charge in [-0.1, -0.05) is 23.2 Å². The molecule has 16 heavy (non-hydrogen) atoms. The fraction of sp³-hybridized carbons (Fsp3) is 0. The molecule has 4 N–H and O–H groups in total. The summed E-state index contributed by atoms with van der Waals surface area (Å²) in [5.41, 5.74) is 10.6. The highest BCUT2D eigenvalue weighted by Crippen LogP contribution is 2.21. The van der Waals surface area contributed by atoms with Crippen molar-refractivity contribution in [2.24, 2.45) is 21.7 Å². The van der Waals surface area contributed by atoms with Crippen LogP contribution < -0.4 is 11.5 Å². The van der Waals surface area contributed by atoms with E-state index in [1.165, 1.54) is 6.07 Å². The van der Waals surface area contributed by atoms with E-state index in [0.717, 1.165) is 0 Å². The first-order valence-electron chi connectivity index (χ1n) is 4.06. The van der Waals surface area contributed by atoms with Crippen LogP contribution in [0.2, 0.25) is 10.0 Å². The third-order valence-corrected chi connectivity index (χ3v) is 2.11. The monoisotopic (exact) mass is 255 g/mol. The Balaban J connectivity index is 3.21. The Labute approximate surface area is 102 Å². The van der Waals surface area contributed by atoms with Gasteiger partial charge in [-0.15, -0.1) is 10.2 Å². The van der Waals surface area contributed by atoms with E-state index in [4.69, 9.17) is 39.9 Å². The molecule has 5 nitrogen and oxygen atoms in total. The molecule has 1 aromatic rings. The van der Waals surface area contributed by atoms with Crippen LogP contribution in [0.3, 0.4) is 0 Å². The van der Waals surface area contributed by atoms with Crippen molar-refractivity contribution in [1.29, 1.82) is 5.26 Å². The van der Waals surface area contributed by atoms with Crippen LogP contribution in [0.4, 0.5) is 0 Å². The van der Waals surface area contributed by atoms with E-state index in [0.29, 0.717) is 15.6 Å². The Morgan fingerprint density at radius 3 is 2.44 bits per heavy atom. The molecule has 0 aromatic heterocycles. The van der Waals surface area contributed by atoms with Gasteiger partial charge in [-0.2, -0.15) is 5.26 Å². The predicted molar refractivity (Wildman–Crippen MR) is 64.4 cm³/mol. The Kier molecular flexibility index (Phi) is 4.11. The zero-order chi connectivity index (χ0) is 12.1. The molecular weight excluding hydrogens is 249 g/mol. The van der Waals surface area contributed by atoms with Gasteiger partial charge in [0.2, 0.25) is 5.96 Å². The molecule has 0 radical (unpaired) electrons. The number of nitrogens with zero attached hydrogens (tertiary/aromatic N) is 3. The van der Waals surface area contributed by atoms with Crippen molar-refractivity contribution < 1.29 is 0 Å². The maximum Gasteiger partial charge on any atom is 0.211 e. The fourth-order valence-corrected chi connectivity index (χ4v) is 1.42. The molecule has 0 atom stereocenters. The van der Waals surface area contributed by atoms with Gasteiger partial charge in [0.05, 0.1) is 5.02 Å². The van der Waals surface area contributed by atoms with E-state index < -0.39 is 0 Å². The summed E-state index contributed by atoms with van der Waals surface area (Å²) in [4.78, 5) is 0. The Morgan fingerprint density at radius 1 is 1.25 bits per heavy atom. The molecule has 0 spiro atoms. The first-order chi connectivity index (χ1) is 7.54. The lowest BCUT2D eigenvalue weighted by Crippen LogP contribution is -2.22. The summed E-state index contributed by atoms with van der Waals surface area (Å²) in [5, 5.41) is 16.6. The summed E-state index contributed by atoms with van der Waals surface area (Å²) in [6.45, 7) is 0. The molecule has 0 aliphatic rings. The first kappa shape index (κ1) is 12.3. The van der Waals surface area contributed by atoms with Gasteiger partial charge < -0.3 is 11.5 Å². The van der Waals surface area contributed by atoms with Gasteiger partial charge in [0.15, 0.2) is 5.71 Å². The predicted octanol–water partition coefficient (Wildman–Crippen LogP) is 1.49. The molecule has 0 bridgehead atoms. The Bertz CT molecular complexity index is 497. The average Bonchev–Trinajstić information content (AvgIpc) is 2.21. The number of hydrogen-bond donors (Lipinski definition) is 2. The van der Waals surface area contributed by atoms with Crippen LogP contribution >= 0.6 is 23.2 Å². The summed E-state index contributed by atoms with van der Waals surface area (Å²) in [5.74, 6) is -0.238. The van der Waals surface area contributed by atoms with Crippen molar-refractivity contribution in [3.63, 3.8) is 0 Å². The summed E-state index contributed by atoms with van der Waals surface area (Å²) < 4.78 is 0. The number of hydrogen-bond acceptors (Lipinski definition) is 3. The molecule has 1 aromatic carbocycles. The van der Waals surface area contributed by atoms with Crippen LogP contribution in [0.25, 0.3) is 0 Å². The van der Waals surface area contributed by atoms with Crippen molar-refractivity contribution in [3.8, 4) is 6.07 Å². The van der Waals surface area contributed by atoms with E-state index in [2.05, 4.69) is 10.2 Å². The molecule has 1 rings (SSSR count). The number of nitriles is 1.